The Morgan fingerprint density at radius 2 is 1.83 bits per heavy atom. The van der Waals surface area contributed by atoms with E-state index in [1.54, 1.807) is 19.2 Å². The lowest BCUT2D eigenvalue weighted by molar-refractivity contribution is -0.0506. The first-order valence-electron chi connectivity index (χ1n) is 10.7. The molecule has 182 valence electrons. The average molecular weight is 493 g/mol. The number of alkyl halides is 2. The fraction of sp³-hybridized carbons (Fsp3) is 0.125. The summed E-state index contributed by atoms with van der Waals surface area (Å²) in [6, 6.07) is 13.2. The minimum atomic E-state index is -3.02. The molecular formula is C24H18F3N7O2. The Bertz CT molecular complexity index is 1630. The Hall–Kier alpha value is -4.74. The van der Waals surface area contributed by atoms with Gasteiger partial charge in [-0.25, -0.2) is 14.4 Å². The van der Waals surface area contributed by atoms with Crippen LogP contribution in [-0.4, -0.2) is 35.7 Å². The van der Waals surface area contributed by atoms with Gasteiger partial charge in [0.05, 0.1) is 29.1 Å². The molecule has 5 aromatic rings. The quantitative estimate of drug-likeness (QED) is 0.385. The number of hydrogen-bond donors (Lipinski definition) is 1. The van der Waals surface area contributed by atoms with Gasteiger partial charge in [0.25, 0.3) is 5.56 Å². The van der Waals surface area contributed by atoms with Crippen LogP contribution in [0.15, 0.2) is 65.6 Å². The van der Waals surface area contributed by atoms with E-state index < -0.39 is 12.4 Å². The Balaban J connectivity index is 1.73. The van der Waals surface area contributed by atoms with E-state index in [0.717, 1.165) is 0 Å². The highest BCUT2D eigenvalue weighted by atomic mass is 19.3. The number of nitrogens with zero attached hydrogens (tertiary/aromatic N) is 6. The molecule has 0 aliphatic carbocycles. The Morgan fingerprint density at radius 1 is 1.06 bits per heavy atom. The predicted octanol–water partition coefficient (Wildman–Crippen LogP) is 3.47. The summed E-state index contributed by atoms with van der Waals surface area (Å²) in [6.07, 6.45) is 1.40. The van der Waals surface area contributed by atoms with Crippen molar-refractivity contribution in [3.8, 4) is 28.3 Å². The lowest BCUT2D eigenvalue weighted by Gasteiger charge is -2.14. The van der Waals surface area contributed by atoms with Gasteiger partial charge in [-0.1, -0.05) is 6.07 Å². The summed E-state index contributed by atoms with van der Waals surface area (Å²) < 4.78 is 46.6. The minimum Gasteiger partial charge on any atom is -0.433 e. The lowest BCUT2D eigenvalue weighted by atomic mass is 10.0. The molecular weight excluding hydrogens is 475 g/mol. The molecule has 0 fully saturated rings. The SMILES string of the molecule is Cn1c(-c2c(-c3ccc(F)cc3)nc(N)n3nc(Cc4ncccc4OC(F)F)nc23)cccc1=O. The number of aromatic nitrogens is 6. The highest BCUT2D eigenvalue weighted by Gasteiger charge is 2.22. The first-order chi connectivity index (χ1) is 17.3. The molecule has 0 aliphatic heterocycles. The highest BCUT2D eigenvalue weighted by Crippen LogP contribution is 2.34. The number of pyridine rings is 2. The van der Waals surface area contributed by atoms with Crippen LogP contribution in [0.5, 0.6) is 5.75 Å². The van der Waals surface area contributed by atoms with E-state index in [1.807, 2.05) is 0 Å². The van der Waals surface area contributed by atoms with E-state index in [2.05, 4.69) is 24.8 Å². The van der Waals surface area contributed by atoms with Gasteiger partial charge in [-0.15, -0.1) is 5.10 Å². The van der Waals surface area contributed by atoms with Gasteiger partial charge in [-0.3, -0.25) is 9.78 Å². The third-order valence-corrected chi connectivity index (χ3v) is 5.50. The van der Waals surface area contributed by atoms with Crippen LogP contribution in [0.3, 0.4) is 0 Å². The predicted molar refractivity (Wildman–Crippen MR) is 125 cm³/mol. The molecule has 1 aromatic carbocycles. The van der Waals surface area contributed by atoms with Crippen molar-refractivity contribution in [3.05, 3.63) is 88.5 Å². The number of fused-ring (bicyclic) bond motifs is 1. The molecule has 4 heterocycles. The van der Waals surface area contributed by atoms with Crippen molar-refractivity contribution in [2.75, 3.05) is 5.73 Å². The molecule has 2 N–H and O–H groups in total. The summed E-state index contributed by atoms with van der Waals surface area (Å²) in [5.41, 5.74) is 8.21. The number of hydrogen-bond acceptors (Lipinski definition) is 7. The molecule has 0 atom stereocenters. The molecule has 0 saturated heterocycles. The van der Waals surface area contributed by atoms with Crippen molar-refractivity contribution in [1.82, 2.24) is 29.1 Å². The average Bonchev–Trinajstić information content (AvgIpc) is 3.27. The number of rotatable bonds is 6. The molecule has 5 rings (SSSR count). The number of nitrogens with two attached hydrogens (primary N) is 1. The monoisotopic (exact) mass is 493 g/mol. The topological polar surface area (TPSA) is 113 Å². The van der Waals surface area contributed by atoms with Crippen LogP contribution >= 0.6 is 0 Å². The lowest BCUT2D eigenvalue weighted by Crippen LogP contribution is -2.17. The zero-order valence-corrected chi connectivity index (χ0v) is 18.8. The first kappa shape index (κ1) is 23.0. The van der Waals surface area contributed by atoms with Crippen LogP contribution in [0, 0.1) is 5.82 Å². The van der Waals surface area contributed by atoms with Gasteiger partial charge in [0.1, 0.15) is 11.6 Å². The van der Waals surface area contributed by atoms with E-state index in [0.29, 0.717) is 22.5 Å². The zero-order valence-electron chi connectivity index (χ0n) is 18.8. The second kappa shape index (κ2) is 9.13. The van der Waals surface area contributed by atoms with Gasteiger partial charge >= 0.3 is 6.61 Å². The summed E-state index contributed by atoms with van der Waals surface area (Å²) in [7, 11) is 1.60. The third-order valence-electron chi connectivity index (χ3n) is 5.50. The van der Waals surface area contributed by atoms with Crippen LogP contribution in [0.4, 0.5) is 19.1 Å². The largest absolute Gasteiger partial charge is 0.433 e. The number of halogens is 3. The van der Waals surface area contributed by atoms with Crippen molar-refractivity contribution in [1.29, 1.82) is 0 Å². The molecule has 36 heavy (non-hydrogen) atoms. The molecule has 0 aliphatic rings. The first-order valence-corrected chi connectivity index (χ1v) is 10.7. The molecule has 4 aromatic heterocycles. The Morgan fingerprint density at radius 3 is 2.58 bits per heavy atom. The van der Waals surface area contributed by atoms with E-state index in [4.69, 9.17) is 5.73 Å². The van der Waals surface area contributed by atoms with Crippen molar-refractivity contribution < 1.29 is 17.9 Å². The number of ether oxygens (including phenoxy) is 1. The van der Waals surface area contributed by atoms with E-state index >= 15 is 0 Å². The molecule has 0 saturated carbocycles. The summed E-state index contributed by atoms with van der Waals surface area (Å²) in [5, 5.41) is 4.40. The number of nitrogen functional groups attached to an aromatic ring is 1. The van der Waals surface area contributed by atoms with Gasteiger partial charge < -0.3 is 15.0 Å². The Labute approximate surface area is 201 Å². The second-order valence-corrected chi connectivity index (χ2v) is 7.78. The summed E-state index contributed by atoms with van der Waals surface area (Å²) in [6.45, 7) is -3.02. The number of benzene rings is 1. The molecule has 0 radical (unpaired) electrons. The number of anilines is 1. The smallest absolute Gasteiger partial charge is 0.387 e. The van der Waals surface area contributed by atoms with Gasteiger partial charge in [0.15, 0.2) is 11.5 Å². The van der Waals surface area contributed by atoms with Crippen molar-refractivity contribution in [2.45, 2.75) is 13.0 Å². The molecule has 0 spiro atoms. The van der Waals surface area contributed by atoms with Gasteiger partial charge in [-0.2, -0.15) is 13.3 Å². The summed E-state index contributed by atoms with van der Waals surface area (Å²) in [4.78, 5) is 25.6. The second-order valence-electron chi connectivity index (χ2n) is 7.78. The Kier molecular flexibility index (Phi) is 5.84. The van der Waals surface area contributed by atoms with Crippen LogP contribution in [-0.2, 0) is 13.5 Å². The molecule has 0 unspecified atom stereocenters. The standard InChI is InChI=1S/C24H18F3N7O2/c1-33-16(4-2-6-19(33)35)20-21(13-7-9-14(25)10-8-13)31-24(28)34-22(20)30-18(32-34)12-15-17(36-23(26)27)5-3-11-29-15/h2-11,23H,12H2,1H3,(H2,28,31). The van der Waals surface area contributed by atoms with Gasteiger partial charge in [-0.05, 0) is 42.5 Å². The van der Waals surface area contributed by atoms with Gasteiger partial charge in [0, 0.05) is 24.9 Å². The van der Waals surface area contributed by atoms with E-state index in [1.165, 1.54) is 57.7 Å². The van der Waals surface area contributed by atoms with E-state index in [9.17, 15) is 18.0 Å². The summed E-state index contributed by atoms with van der Waals surface area (Å²) >= 11 is 0. The minimum absolute atomic E-state index is 0.0159. The van der Waals surface area contributed by atoms with Crippen LogP contribution in [0.1, 0.15) is 11.5 Å². The third kappa shape index (κ3) is 4.24. The van der Waals surface area contributed by atoms with Crippen molar-refractivity contribution in [2.24, 2.45) is 7.05 Å². The molecule has 0 amide bonds. The normalized spacial score (nSPS) is 11.4. The fourth-order valence-electron chi connectivity index (χ4n) is 3.85. The van der Waals surface area contributed by atoms with Crippen molar-refractivity contribution >= 4 is 11.6 Å². The molecule has 12 heteroatoms. The van der Waals surface area contributed by atoms with Gasteiger partial charge in [0.2, 0.25) is 5.95 Å². The zero-order chi connectivity index (χ0) is 25.4. The van der Waals surface area contributed by atoms with Crippen LogP contribution < -0.4 is 16.0 Å². The fourth-order valence-corrected chi connectivity index (χ4v) is 3.85. The molecule has 0 bridgehead atoms. The summed E-state index contributed by atoms with van der Waals surface area (Å²) in [5.74, 6) is -0.337. The maximum Gasteiger partial charge on any atom is 0.387 e. The van der Waals surface area contributed by atoms with Crippen LogP contribution in [0.25, 0.3) is 28.2 Å². The molecule has 9 nitrogen and oxygen atoms in total. The van der Waals surface area contributed by atoms with Crippen molar-refractivity contribution in [3.63, 3.8) is 0 Å². The van der Waals surface area contributed by atoms with Crippen LogP contribution in [0.2, 0.25) is 0 Å². The highest BCUT2D eigenvalue weighted by molar-refractivity contribution is 5.89. The maximum absolute atomic E-state index is 13.6. The maximum atomic E-state index is 13.6. The van der Waals surface area contributed by atoms with E-state index in [-0.39, 0.29) is 40.8 Å².